The zero-order valence-corrected chi connectivity index (χ0v) is 15.5. The number of ether oxygens (including phenoxy) is 2. The molecule has 0 radical (unpaired) electrons. The largest absolute Gasteiger partial charge is 0.497 e. The van der Waals surface area contributed by atoms with E-state index in [0.717, 1.165) is 16.6 Å². The second-order valence-corrected chi connectivity index (χ2v) is 6.12. The third-order valence-corrected chi connectivity index (χ3v) is 4.33. The summed E-state index contributed by atoms with van der Waals surface area (Å²) in [6.45, 7) is 3.77. The van der Waals surface area contributed by atoms with Gasteiger partial charge in [0.2, 0.25) is 0 Å². The smallest absolute Gasteiger partial charge is 0.252 e. The van der Waals surface area contributed by atoms with Gasteiger partial charge in [-0.15, -0.1) is 0 Å². The first-order valence-electron chi connectivity index (χ1n) is 8.26. The van der Waals surface area contributed by atoms with Crippen LogP contribution in [0.25, 0.3) is 11.0 Å². The maximum absolute atomic E-state index is 12.9. The third-order valence-electron chi connectivity index (χ3n) is 4.33. The lowest BCUT2D eigenvalue weighted by Gasteiger charge is -2.18. The maximum Gasteiger partial charge on any atom is 0.252 e. The van der Waals surface area contributed by atoms with Gasteiger partial charge >= 0.3 is 0 Å². The number of fused-ring (bicyclic) bond motifs is 1. The number of nitrogens with one attached hydrogen (secondary N) is 1. The summed E-state index contributed by atoms with van der Waals surface area (Å²) in [4.78, 5) is 17.4. The van der Waals surface area contributed by atoms with Gasteiger partial charge in [-0.3, -0.25) is 9.48 Å². The molecule has 2 aromatic heterocycles. The molecule has 26 heavy (non-hydrogen) atoms. The number of aryl methyl sites for hydroxylation is 2. The standard InChI is InChI=1S/C19H22N4O3/c1-11-8-15(16-10-20-23(3)18(16)21-11)19(24)22-12(2)14-9-13(25-4)6-7-17(14)26-5/h6-10,12H,1-5H3,(H,22,24)/t12-/m1/s1. The molecule has 0 spiro atoms. The first-order valence-corrected chi connectivity index (χ1v) is 8.26. The van der Waals surface area contributed by atoms with Gasteiger partial charge < -0.3 is 14.8 Å². The van der Waals surface area contributed by atoms with E-state index in [4.69, 9.17) is 9.47 Å². The molecule has 1 amide bonds. The summed E-state index contributed by atoms with van der Waals surface area (Å²) in [6.07, 6.45) is 1.66. The Kier molecular flexibility index (Phi) is 4.79. The van der Waals surface area contributed by atoms with Gasteiger partial charge in [0, 0.05) is 18.3 Å². The van der Waals surface area contributed by atoms with Crippen molar-refractivity contribution in [1.29, 1.82) is 0 Å². The van der Waals surface area contributed by atoms with Gasteiger partial charge in [0.25, 0.3) is 5.91 Å². The van der Waals surface area contributed by atoms with Crippen molar-refractivity contribution < 1.29 is 14.3 Å². The highest BCUT2D eigenvalue weighted by Crippen LogP contribution is 2.29. The van der Waals surface area contributed by atoms with Gasteiger partial charge in [0.05, 0.1) is 37.4 Å². The molecule has 0 unspecified atom stereocenters. The molecular weight excluding hydrogens is 332 g/mol. The van der Waals surface area contributed by atoms with Crippen molar-refractivity contribution in [3.63, 3.8) is 0 Å². The molecule has 2 heterocycles. The lowest BCUT2D eigenvalue weighted by atomic mass is 10.1. The van der Waals surface area contributed by atoms with E-state index in [9.17, 15) is 4.79 Å². The normalized spacial score (nSPS) is 12.0. The van der Waals surface area contributed by atoms with E-state index < -0.39 is 0 Å². The summed E-state index contributed by atoms with van der Waals surface area (Å²) >= 11 is 0. The number of carbonyl (C=O) groups is 1. The van der Waals surface area contributed by atoms with Gasteiger partial charge in [-0.2, -0.15) is 5.10 Å². The van der Waals surface area contributed by atoms with Crippen LogP contribution in [0.15, 0.2) is 30.5 Å². The molecule has 0 aliphatic rings. The summed E-state index contributed by atoms with van der Waals surface area (Å²) in [5.41, 5.74) is 2.84. The Morgan fingerprint density at radius 3 is 2.69 bits per heavy atom. The first kappa shape index (κ1) is 17.7. The van der Waals surface area contributed by atoms with Crippen molar-refractivity contribution >= 4 is 16.9 Å². The molecule has 7 heteroatoms. The van der Waals surface area contributed by atoms with Crippen molar-refractivity contribution in [2.75, 3.05) is 14.2 Å². The van der Waals surface area contributed by atoms with Gasteiger partial charge in [0.15, 0.2) is 5.65 Å². The Labute approximate surface area is 151 Å². The summed E-state index contributed by atoms with van der Waals surface area (Å²) in [5, 5.41) is 7.96. The predicted molar refractivity (Wildman–Crippen MR) is 98.7 cm³/mol. The van der Waals surface area contributed by atoms with E-state index in [1.54, 1.807) is 38.2 Å². The highest BCUT2D eigenvalue weighted by Gasteiger charge is 2.19. The van der Waals surface area contributed by atoms with Crippen molar-refractivity contribution in [1.82, 2.24) is 20.1 Å². The molecule has 3 aromatic rings. The number of rotatable bonds is 5. The third kappa shape index (κ3) is 3.20. The minimum Gasteiger partial charge on any atom is -0.497 e. The lowest BCUT2D eigenvalue weighted by molar-refractivity contribution is 0.0941. The molecule has 0 aliphatic heterocycles. The van der Waals surface area contributed by atoms with Crippen LogP contribution in [0, 0.1) is 6.92 Å². The van der Waals surface area contributed by atoms with Crippen LogP contribution in [-0.4, -0.2) is 34.9 Å². The van der Waals surface area contributed by atoms with E-state index in [1.807, 2.05) is 32.0 Å². The number of benzene rings is 1. The Bertz CT molecular complexity index is 965. The van der Waals surface area contributed by atoms with E-state index in [0.29, 0.717) is 22.7 Å². The summed E-state index contributed by atoms with van der Waals surface area (Å²) in [7, 11) is 5.01. The fraction of sp³-hybridized carbons (Fsp3) is 0.316. The van der Waals surface area contributed by atoms with Crippen molar-refractivity contribution in [2.45, 2.75) is 19.9 Å². The number of carbonyl (C=O) groups excluding carboxylic acids is 1. The van der Waals surface area contributed by atoms with E-state index in [2.05, 4.69) is 15.4 Å². The Morgan fingerprint density at radius 1 is 1.23 bits per heavy atom. The van der Waals surface area contributed by atoms with Crippen molar-refractivity contribution in [2.24, 2.45) is 7.05 Å². The second kappa shape index (κ2) is 7.03. The topological polar surface area (TPSA) is 78.3 Å². The fourth-order valence-corrected chi connectivity index (χ4v) is 2.96. The average molecular weight is 354 g/mol. The summed E-state index contributed by atoms with van der Waals surface area (Å²) in [6, 6.07) is 7.01. The quantitative estimate of drug-likeness (QED) is 0.762. The van der Waals surface area contributed by atoms with Crippen molar-refractivity contribution in [3.05, 3.63) is 47.3 Å². The molecule has 0 aliphatic carbocycles. The van der Waals surface area contributed by atoms with E-state index in [-0.39, 0.29) is 11.9 Å². The number of hydrogen-bond acceptors (Lipinski definition) is 5. The molecule has 0 fully saturated rings. The average Bonchev–Trinajstić information content (AvgIpc) is 3.01. The van der Waals surface area contributed by atoms with E-state index >= 15 is 0 Å². The predicted octanol–water partition coefficient (Wildman–Crippen LogP) is 2.78. The number of amides is 1. The second-order valence-electron chi connectivity index (χ2n) is 6.12. The van der Waals surface area contributed by atoms with Gasteiger partial charge in [0.1, 0.15) is 11.5 Å². The monoisotopic (exact) mass is 354 g/mol. The molecule has 0 saturated carbocycles. The maximum atomic E-state index is 12.9. The highest BCUT2D eigenvalue weighted by molar-refractivity contribution is 6.05. The lowest BCUT2D eigenvalue weighted by Crippen LogP contribution is -2.27. The summed E-state index contributed by atoms with van der Waals surface area (Å²) in [5.74, 6) is 1.21. The molecule has 3 rings (SSSR count). The Hall–Kier alpha value is -3.09. The molecular formula is C19H22N4O3. The zero-order chi connectivity index (χ0) is 18.8. The SMILES string of the molecule is COc1ccc(OC)c([C@@H](C)NC(=O)c2cc(C)nc3c2cnn3C)c1. The number of hydrogen-bond donors (Lipinski definition) is 1. The molecule has 0 bridgehead atoms. The summed E-state index contributed by atoms with van der Waals surface area (Å²) < 4.78 is 12.4. The molecule has 136 valence electrons. The minimum absolute atomic E-state index is 0.189. The number of nitrogens with zero attached hydrogens (tertiary/aromatic N) is 3. The highest BCUT2D eigenvalue weighted by atomic mass is 16.5. The van der Waals surface area contributed by atoms with Crippen LogP contribution >= 0.6 is 0 Å². The van der Waals surface area contributed by atoms with Gasteiger partial charge in [-0.25, -0.2) is 4.98 Å². The van der Waals surface area contributed by atoms with Crippen LogP contribution in [-0.2, 0) is 7.05 Å². The van der Waals surface area contributed by atoms with Crippen LogP contribution in [0.4, 0.5) is 0 Å². The number of methoxy groups -OCH3 is 2. The first-order chi connectivity index (χ1) is 12.4. The Balaban J connectivity index is 1.93. The fourth-order valence-electron chi connectivity index (χ4n) is 2.96. The van der Waals surface area contributed by atoms with E-state index in [1.165, 1.54) is 0 Å². The van der Waals surface area contributed by atoms with Crippen molar-refractivity contribution in [3.8, 4) is 11.5 Å². The van der Waals surface area contributed by atoms with Gasteiger partial charge in [-0.1, -0.05) is 0 Å². The van der Waals surface area contributed by atoms with Gasteiger partial charge in [-0.05, 0) is 38.1 Å². The van der Waals surface area contributed by atoms with Crippen LogP contribution in [0.3, 0.4) is 0 Å². The van der Waals surface area contributed by atoms with Crippen LogP contribution in [0.2, 0.25) is 0 Å². The number of pyridine rings is 1. The molecule has 1 N–H and O–H groups in total. The zero-order valence-electron chi connectivity index (χ0n) is 15.5. The Morgan fingerprint density at radius 2 is 2.00 bits per heavy atom. The minimum atomic E-state index is -0.271. The van der Waals surface area contributed by atoms with Crippen LogP contribution < -0.4 is 14.8 Å². The van der Waals surface area contributed by atoms with Crippen LogP contribution in [0.5, 0.6) is 11.5 Å². The van der Waals surface area contributed by atoms with Crippen LogP contribution in [0.1, 0.15) is 34.6 Å². The number of aromatic nitrogens is 3. The molecule has 1 atom stereocenters. The molecule has 7 nitrogen and oxygen atoms in total. The molecule has 1 aromatic carbocycles. The molecule has 0 saturated heterocycles.